The van der Waals surface area contributed by atoms with Crippen LogP contribution in [-0.2, 0) is 16.1 Å². The number of para-hydroxylation sites is 1. The van der Waals surface area contributed by atoms with Gasteiger partial charge in [0.05, 0.1) is 24.5 Å². The number of carbonyl (C=O) groups is 1. The molecule has 0 bridgehead atoms. The van der Waals surface area contributed by atoms with E-state index in [-0.39, 0.29) is 11.8 Å². The fraction of sp³-hybridized carbons (Fsp3) is 0.630. The van der Waals surface area contributed by atoms with Crippen LogP contribution in [0.1, 0.15) is 50.3 Å². The number of benzene rings is 1. The predicted octanol–water partition coefficient (Wildman–Crippen LogP) is 3.88. The van der Waals surface area contributed by atoms with Crippen LogP contribution < -0.4 is 4.90 Å². The number of anilines is 1. The van der Waals surface area contributed by atoms with E-state index in [0.29, 0.717) is 19.7 Å². The van der Waals surface area contributed by atoms with Crippen molar-refractivity contribution in [2.75, 3.05) is 57.9 Å². The third-order valence-corrected chi connectivity index (χ3v) is 7.46. The molecular formula is C27H41N5O2. The molecule has 1 aliphatic heterocycles. The quantitative estimate of drug-likeness (QED) is 0.560. The Morgan fingerprint density at radius 1 is 1.09 bits per heavy atom. The van der Waals surface area contributed by atoms with Crippen LogP contribution in [0.3, 0.4) is 0 Å². The highest BCUT2D eigenvalue weighted by Crippen LogP contribution is 2.31. The molecule has 186 valence electrons. The molecule has 0 N–H and O–H groups in total. The number of carbonyl (C=O) groups excluding carboxylic acids is 1. The van der Waals surface area contributed by atoms with E-state index in [1.54, 1.807) is 7.11 Å². The smallest absolute Gasteiger partial charge is 0.226 e. The van der Waals surface area contributed by atoms with Crippen molar-refractivity contribution in [1.82, 2.24) is 19.6 Å². The second-order valence-corrected chi connectivity index (χ2v) is 9.64. The van der Waals surface area contributed by atoms with E-state index < -0.39 is 0 Å². The van der Waals surface area contributed by atoms with Crippen LogP contribution in [0, 0.1) is 12.8 Å². The highest BCUT2D eigenvalue weighted by atomic mass is 16.5. The second-order valence-electron chi connectivity index (χ2n) is 9.64. The third-order valence-electron chi connectivity index (χ3n) is 7.46. The van der Waals surface area contributed by atoms with Crippen molar-refractivity contribution in [3.63, 3.8) is 0 Å². The monoisotopic (exact) mass is 467 g/mol. The molecule has 1 saturated heterocycles. The van der Waals surface area contributed by atoms with Gasteiger partial charge in [0.2, 0.25) is 5.91 Å². The van der Waals surface area contributed by atoms with Gasteiger partial charge >= 0.3 is 0 Å². The summed E-state index contributed by atoms with van der Waals surface area (Å²) in [5.74, 6) is 1.57. The summed E-state index contributed by atoms with van der Waals surface area (Å²) >= 11 is 0. The largest absolute Gasteiger partial charge is 0.383 e. The van der Waals surface area contributed by atoms with Crippen molar-refractivity contribution in [1.29, 1.82) is 0 Å². The molecule has 7 nitrogen and oxygen atoms in total. The summed E-state index contributed by atoms with van der Waals surface area (Å²) in [7, 11) is 1.71. The van der Waals surface area contributed by atoms with Gasteiger partial charge in [-0.05, 0) is 38.4 Å². The minimum Gasteiger partial charge on any atom is -0.383 e. The molecule has 1 aromatic heterocycles. The van der Waals surface area contributed by atoms with E-state index in [2.05, 4.69) is 52.6 Å². The highest BCUT2D eigenvalue weighted by Gasteiger charge is 2.30. The number of hydrogen-bond donors (Lipinski definition) is 0. The number of aromatic nitrogens is 2. The Morgan fingerprint density at radius 3 is 2.44 bits per heavy atom. The van der Waals surface area contributed by atoms with E-state index >= 15 is 0 Å². The zero-order valence-corrected chi connectivity index (χ0v) is 21.2. The lowest BCUT2D eigenvalue weighted by molar-refractivity contribution is -0.137. The summed E-state index contributed by atoms with van der Waals surface area (Å²) in [6, 6.07) is 10.4. The van der Waals surface area contributed by atoms with Crippen molar-refractivity contribution in [2.45, 2.75) is 52.5 Å². The Labute approximate surface area is 204 Å². The Kier molecular flexibility index (Phi) is 8.62. The van der Waals surface area contributed by atoms with Crippen LogP contribution in [0.15, 0.2) is 30.3 Å². The fourth-order valence-electron chi connectivity index (χ4n) is 5.35. The van der Waals surface area contributed by atoms with Crippen molar-refractivity contribution in [3.8, 4) is 5.69 Å². The SMILES string of the molecule is CCN1CCN(c2c(CN(CCOC)C(=O)C3CCCCC3)c(C)nn2-c2ccccc2)CC1. The first-order valence-electron chi connectivity index (χ1n) is 13.0. The zero-order valence-electron chi connectivity index (χ0n) is 21.2. The average Bonchev–Trinajstić information content (AvgIpc) is 3.22. The van der Waals surface area contributed by atoms with Crippen LogP contribution in [-0.4, -0.2) is 78.5 Å². The molecule has 1 amide bonds. The first-order valence-corrected chi connectivity index (χ1v) is 13.0. The van der Waals surface area contributed by atoms with E-state index in [1.807, 2.05) is 11.0 Å². The van der Waals surface area contributed by atoms with Gasteiger partial charge in [0, 0.05) is 51.3 Å². The lowest BCUT2D eigenvalue weighted by Gasteiger charge is -2.36. The minimum absolute atomic E-state index is 0.145. The van der Waals surface area contributed by atoms with Crippen LogP contribution in [0.2, 0.25) is 0 Å². The average molecular weight is 468 g/mol. The molecule has 2 fully saturated rings. The van der Waals surface area contributed by atoms with Gasteiger partial charge in [-0.25, -0.2) is 4.68 Å². The van der Waals surface area contributed by atoms with Gasteiger partial charge in [-0.2, -0.15) is 5.10 Å². The number of nitrogens with zero attached hydrogens (tertiary/aromatic N) is 5. The van der Waals surface area contributed by atoms with Crippen molar-refractivity contribution in [3.05, 3.63) is 41.6 Å². The summed E-state index contributed by atoms with van der Waals surface area (Å²) < 4.78 is 7.48. The molecule has 1 aliphatic carbocycles. The molecule has 0 atom stereocenters. The number of ether oxygens (including phenoxy) is 1. The molecule has 0 radical (unpaired) electrons. The molecule has 34 heavy (non-hydrogen) atoms. The van der Waals surface area contributed by atoms with Gasteiger partial charge in [0.1, 0.15) is 5.82 Å². The number of likely N-dealkylation sites (N-methyl/N-ethyl adjacent to an activating group) is 1. The van der Waals surface area contributed by atoms with Crippen LogP contribution in [0.25, 0.3) is 5.69 Å². The van der Waals surface area contributed by atoms with Gasteiger partial charge in [-0.15, -0.1) is 0 Å². The molecule has 0 unspecified atom stereocenters. The minimum atomic E-state index is 0.145. The Balaban J connectivity index is 1.67. The Bertz CT molecular complexity index is 915. The number of rotatable bonds is 9. The summed E-state index contributed by atoms with van der Waals surface area (Å²) in [5, 5.41) is 4.99. The summed E-state index contributed by atoms with van der Waals surface area (Å²) in [6.07, 6.45) is 5.59. The predicted molar refractivity (Wildman–Crippen MR) is 136 cm³/mol. The van der Waals surface area contributed by atoms with Gasteiger partial charge in [0.25, 0.3) is 0 Å². The summed E-state index contributed by atoms with van der Waals surface area (Å²) in [4.78, 5) is 20.6. The molecule has 2 aromatic rings. The normalized spacial score (nSPS) is 17.8. The molecule has 1 aromatic carbocycles. The van der Waals surface area contributed by atoms with Gasteiger partial charge < -0.3 is 19.4 Å². The first kappa shape index (κ1) is 24.7. The number of aryl methyl sites for hydroxylation is 1. The van der Waals surface area contributed by atoms with Gasteiger partial charge in [-0.1, -0.05) is 44.4 Å². The maximum Gasteiger partial charge on any atom is 0.226 e. The third kappa shape index (κ3) is 5.63. The molecular weight excluding hydrogens is 426 g/mol. The summed E-state index contributed by atoms with van der Waals surface area (Å²) in [5.41, 5.74) is 3.22. The number of amides is 1. The lowest BCUT2D eigenvalue weighted by Crippen LogP contribution is -2.47. The van der Waals surface area contributed by atoms with E-state index in [9.17, 15) is 4.79 Å². The number of piperazine rings is 1. The molecule has 0 spiro atoms. The van der Waals surface area contributed by atoms with E-state index in [4.69, 9.17) is 9.84 Å². The Morgan fingerprint density at radius 2 is 1.79 bits per heavy atom. The maximum atomic E-state index is 13.6. The highest BCUT2D eigenvalue weighted by molar-refractivity contribution is 5.79. The first-order chi connectivity index (χ1) is 16.6. The standard InChI is InChI=1S/C27H41N5O2/c1-4-29-15-17-30(18-16-29)26-25(22(2)28-32(26)24-13-9-6-10-14-24)21-31(19-20-34-3)27(33)23-11-7-5-8-12-23/h6,9-10,13-14,23H,4-5,7-8,11-12,15-21H2,1-3H3. The molecule has 2 heterocycles. The van der Waals surface area contributed by atoms with E-state index in [0.717, 1.165) is 81.2 Å². The van der Waals surface area contributed by atoms with Crippen molar-refractivity contribution >= 4 is 11.7 Å². The maximum absolute atomic E-state index is 13.6. The van der Waals surface area contributed by atoms with Gasteiger partial charge in [0.15, 0.2) is 0 Å². The summed E-state index contributed by atoms with van der Waals surface area (Å²) in [6.45, 7) is 11.2. The Hall–Kier alpha value is -2.38. The van der Waals surface area contributed by atoms with E-state index in [1.165, 1.54) is 6.42 Å². The molecule has 1 saturated carbocycles. The lowest BCUT2D eigenvalue weighted by atomic mass is 9.88. The topological polar surface area (TPSA) is 53.8 Å². The molecule has 2 aliphatic rings. The van der Waals surface area contributed by atoms with Crippen LogP contribution in [0.5, 0.6) is 0 Å². The fourth-order valence-corrected chi connectivity index (χ4v) is 5.35. The number of methoxy groups -OCH3 is 1. The molecule has 7 heteroatoms. The van der Waals surface area contributed by atoms with Crippen LogP contribution in [0.4, 0.5) is 5.82 Å². The van der Waals surface area contributed by atoms with Crippen molar-refractivity contribution in [2.24, 2.45) is 5.92 Å². The van der Waals surface area contributed by atoms with Crippen LogP contribution >= 0.6 is 0 Å². The number of hydrogen-bond acceptors (Lipinski definition) is 5. The zero-order chi connectivity index (χ0) is 23.9. The van der Waals surface area contributed by atoms with Gasteiger partial charge in [-0.3, -0.25) is 4.79 Å². The van der Waals surface area contributed by atoms with Crippen molar-refractivity contribution < 1.29 is 9.53 Å². The second kappa shape index (κ2) is 11.8. The molecule has 4 rings (SSSR count).